The summed E-state index contributed by atoms with van der Waals surface area (Å²) >= 11 is 0. The Balaban J connectivity index is 1.35. The van der Waals surface area contributed by atoms with Gasteiger partial charge in [0.25, 0.3) is 0 Å². The average molecular weight is 540 g/mol. The van der Waals surface area contributed by atoms with E-state index in [1.165, 1.54) is 108 Å². The lowest BCUT2D eigenvalue weighted by atomic mass is 9.82. The summed E-state index contributed by atoms with van der Waals surface area (Å²) in [6.07, 6.45) is 4.93. The maximum Gasteiger partial charge on any atom is 0.0546 e. The largest absolute Gasteiger partial charge is 0.310 e. The summed E-state index contributed by atoms with van der Waals surface area (Å²) in [5.74, 6) is 0. The molecule has 0 fully saturated rings. The van der Waals surface area contributed by atoms with E-state index in [1.54, 1.807) is 0 Å². The fourth-order valence-corrected chi connectivity index (χ4v) is 8.06. The molecule has 0 radical (unpaired) electrons. The average Bonchev–Trinajstić information content (AvgIpc) is 3.26. The van der Waals surface area contributed by atoms with E-state index in [0.29, 0.717) is 0 Å². The van der Waals surface area contributed by atoms with E-state index in [2.05, 4.69) is 134 Å². The van der Waals surface area contributed by atoms with Gasteiger partial charge in [0.15, 0.2) is 0 Å². The summed E-state index contributed by atoms with van der Waals surface area (Å²) in [7, 11) is 0. The lowest BCUT2D eigenvalue weighted by Crippen LogP contribution is -2.16. The lowest BCUT2D eigenvalue weighted by molar-refractivity contribution is 0.660. The number of anilines is 3. The standard InChI is InChI=1S/C41H33N/c1-41(2)36-16-6-5-14-33(36)35-25-32(21-22-37(35)41)42(31-20-19-26-9-3-4-10-29(26)23-31)38-24-30-13-7-11-27-17-18-28-12-8-15-34(38)40(28)39(27)30/h5-8,11-25H,3-4,9-10H2,1-2H3. The zero-order valence-electron chi connectivity index (χ0n) is 24.2. The Kier molecular flexibility index (Phi) is 4.97. The molecule has 0 N–H and O–H groups in total. The van der Waals surface area contributed by atoms with Gasteiger partial charge in [-0.3, -0.25) is 0 Å². The van der Waals surface area contributed by atoms with Crippen LogP contribution in [-0.4, -0.2) is 0 Å². The molecule has 42 heavy (non-hydrogen) atoms. The van der Waals surface area contributed by atoms with Crippen molar-refractivity contribution in [3.8, 4) is 11.1 Å². The highest BCUT2D eigenvalue weighted by atomic mass is 15.1. The maximum absolute atomic E-state index is 2.53. The number of fused-ring (bicyclic) bond motifs is 4. The Morgan fingerprint density at radius 2 is 1.21 bits per heavy atom. The van der Waals surface area contributed by atoms with E-state index < -0.39 is 0 Å². The van der Waals surface area contributed by atoms with Gasteiger partial charge in [-0.1, -0.05) is 98.8 Å². The zero-order valence-corrected chi connectivity index (χ0v) is 24.2. The van der Waals surface area contributed by atoms with Gasteiger partial charge in [-0.05, 0) is 116 Å². The molecule has 0 saturated heterocycles. The quantitative estimate of drug-likeness (QED) is 0.202. The van der Waals surface area contributed by atoms with Crippen molar-refractivity contribution >= 4 is 49.4 Å². The molecule has 0 amide bonds. The van der Waals surface area contributed by atoms with Crippen LogP contribution in [0.5, 0.6) is 0 Å². The monoisotopic (exact) mass is 539 g/mol. The molecule has 1 heteroatoms. The van der Waals surface area contributed by atoms with Crippen LogP contribution in [-0.2, 0) is 18.3 Å². The number of hydrogen-bond donors (Lipinski definition) is 0. The third-order valence-electron chi connectivity index (χ3n) is 10.1. The minimum atomic E-state index is -0.00854. The maximum atomic E-state index is 2.53. The van der Waals surface area contributed by atoms with E-state index in [-0.39, 0.29) is 5.41 Å². The lowest BCUT2D eigenvalue weighted by Gasteiger charge is -2.30. The van der Waals surface area contributed by atoms with Gasteiger partial charge in [0, 0.05) is 22.2 Å². The molecule has 202 valence electrons. The number of nitrogens with zero attached hydrogens (tertiary/aromatic N) is 1. The third kappa shape index (κ3) is 3.31. The molecular formula is C41H33N. The van der Waals surface area contributed by atoms with Crippen LogP contribution in [0.3, 0.4) is 0 Å². The molecule has 0 spiro atoms. The van der Waals surface area contributed by atoms with Crippen molar-refractivity contribution in [2.24, 2.45) is 0 Å². The second kappa shape index (κ2) is 8.69. The highest BCUT2D eigenvalue weighted by Crippen LogP contribution is 2.51. The van der Waals surface area contributed by atoms with Crippen molar-refractivity contribution in [2.75, 3.05) is 4.90 Å². The fourth-order valence-electron chi connectivity index (χ4n) is 8.06. The first-order valence-electron chi connectivity index (χ1n) is 15.4. The molecule has 7 aromatic rings. The van der Waals surface area contributed by atoms with E-state index in [4.69, 9.17) is 0 Å². The molecule has 0 heterocycles. The van der Waals surface area contributed by atoms with Gasteiger partial charge in [-0.15, -0.1) is 0 Å². The summed E-state index contributed by atoms with van der Waals surface area (Å²) in [5, 5.41) is 7.92. The number of aryl methyl sites for hydroxylation is 2. The van der Waals surface area contributed by atoms with Gasteiger partial charge < -0.3 is 4.90 Å². The second-order valence-corrected chi connectivity index (χ2v) is 12.8. The summed E-state index contributed by atoms with van der Waals surface area (Å²) in [6, 6.07) is 43.9. The predicted octanol–water partition coefficient (Wildman–Crippen LogP) is 11.2. The third-order valence-corrected chi connectivity index (χ3v) is 10.1. The predicted molar refractivity (Wildman–Crippen MR) is 179 cm³/mol. The molecule has 9 rings (SSSR count). The van der Waals surface area contributed by atoms with Crippen LogP contribution in [0, 0.1) is 0 Å². The van der Waals surface area contributed by atoms with Crippen molar-refractivity contribution in [2.45, 2.75) is 44.9 Å². The van der Waals surface area contributed by atoms with E-state index in [1.807, 2.05) is 0 Å². The molecule has 2 aliphatic rings. The second-order valence-electron chi connectivity index (χ2n) is 12.8. The van der Waals surface area contributed by atoms with Crippen molar-refractivity contribution in [1.29, 1.82) is 0 Å². The van der Waals surface area contributed by atoms with Gasteiger partial charge in [0.1, 0.15) is 0 Å². The molecule has 2 aliphatic carbocycles. The molecule has 0 unspecified atom stereocenters. The molecule has 0 aliphatic heterocycles. The number of hydrogen-bond acceptors (Lipinski definition) is 1. The van der Waals surface area contributed by atoms with Gasteiger partial charge in [0.05, 0.1) is 5.69 Å². The number of benzene rings is 7. The SMILES string of the molecule is CC1(C)c2ccccc2-c2cc(N(c3ccc4c(c3)CCCC4)c3cc4cccc5ccc6cccc3c6c54)ccc21. The minimum Gasteiger partial charge on any atom is -0.310 e. The Hall–Kier alpha value is -4.62. The van der Waals surface area contributed by atoms with Crippen LogP contribution in [0.15, 0.2) is 115 Å². The Bertz CT molecular complexity index is 2180. The first kappa shape index (κ1) is 24.0. The summed E-state index contributed by atoms with van der Waals surface area (Å²) < 4.78 is 0. The highest BCUT2D eigenvalue weighted by Gasteiger charge is 2.35. The molecule has 1 nitrogen and oxygen atoms in total. The zero-order chi connectivity index (χ0) is 28.0. The molecule has 0 saturated carbocycles. The summed E-state index contributed by atoms with van der Waals surface area (Å²) in [6.45, 7) is 4.72. The van der Waals surface area contributed by atoms with E-state index >= 15 is 0 Å². The van der Waals surface area contributed by atoms with Crippen molar-refractivity contribution in [1.82, 2.24) is 0 Å². The van der Waals surface area contributed by atoms with Gasteiger partial charge in [-0.2, -0.15) is 0 Å². The van der Waals surface area contributed by atoms with Crippen LogP contribution in [0.1, 0.15) is 48.9 Å². The fraction of sp³-hybridized carbons (Fsp3) is 0.171. The van der Waals surface area contributed by atoms with Gasteiger partial charge >= 0.3 is 0 Å². The van der Waals surface area contributed by atoms with Crippen LogP contribution in [0.25, 0.3) is 43.4 Å². The van der Waals surface area contributed by atoms with Crippen LogP contribution >= 0.6 is 0 Å². The van der Waals surface area contributed by atoms with Crippen LogP contribution in [0.4, 0.5) is 17.1 Å². The number of rotatable bonds is 3. The van der Waals surface area contributed by atoms with Crippen molar-refractivity contribution in [3.05, 3.63) is 138 Å². The minimum absolute atomic E-state index is 0.00854. The molecule has 7 aromatic carbocycles. The van der Waals surface area contributed by atoms with Gasteiger partial charge in [-0.25, -0.2) is 0 Å². The Morgan fingerprint density at radius 3 is 2.10 bits per heavy atom. The van der Waals surface area contributed by atoms with E-state index in [0.717, 1.165) is 0 Å². The highest BCUT2D eigenvalue weighted by molar-refractivity contribution is 6.26. The normalized spacial score (nSPS) is 15.2. The van der Waals surface area contributed by atoms with Crippen molar-refractivity contribution < 1.29 is 0 Å². The first-order chi connectivity index (χ1) is 20.6. The first-order valence-corrected chi connectivity index (χ1v) is 15.4. The molecular weight excluding hydrogens is 506 g/mol. The Morgan fingerprint density at radius 1 is 0.524 bits per heavy atom. The molecule has 0 aromatic heterocycles. The smallest absolute Gasteiger partial charge is 0.0546 e. The molecule has 0 bridgehead atoms. The van der Waals surface area contributed by atoms with Crippen molar-refractivity contribution in [3.63, 3.8) is 0 Å². The topological polar surface area (TPSA) is 3.24 Å². The molecule has 0 atom stereocenters. The summed E-state index contributed by atoms with van der Waals surface area (Å²) in [4.78, 5) is 2.53. The summed E-state index contributed by atoms with van der Waals surface area (Å²) in [5.41, 5.74) is 12.3. The van der Waals surface area contributed by atoms with Crippen LogP contribution in [0.2, 0.25) is 0 Å². The van der Waals surface area contributed by atoms with E-state index in [9.17, 15) is 0 Å². The van der Waals surface area contributed by atoms with Crippen LogP contribution < -0.4 is 4.90 Å². The van der Waals surface area contributed by atoms with Gasteiger partial charge in [0.2, 0.25) is 0 Å². The Labute approximate surface area is 247 Å².